The molecule has 0 aromatic carbocycles. The first-order chi connectivity index (χ1) is 7.36. The van der Waals surface area contributed by atoms with E-state index in [2.05, 4.69) is 20.4 Å². The van der Waals surface area contributed by atoms with Gasteiger partial charge in [0.1, 0.15) is 0 Å². The summed E-state index contributed by atoms with van der Waals surface area (Å²) < 4.78 is 1.72. The maximum absolute atomic E-state index is 3.94. The van der Waals surface area contributed by atoms with E-state index < -0.39 is 0 Å². The van der Waals surface area contributed by atoms with Gasteiger partial charge in [0.2, 0.25) is 5.16 Å². The number of thioether (sulfide) groups is 1. The fraction of sp³-hybridized carbons (Fsp3) is 0.889. The van der Waals surface area contributed by atoms with Gasteiger partial charge < -0.3 is 4.90 Å². The van der Waals surface area contributed by atoms with Crippen molar-refractivity contribution in [1.29, 1.82) is 0 Å². The Bertz CT molecular complexity index is 294. The van der Waals surface area contributed by atoms with E-state index in [1.165, 1.54) is 32.4 Å². The Balaban J connectivity index is 1.68. The molecule has 0 unspecified atom stereocenters. The van der Waals surface area contributed by atoms with Crippen molar-refractivity contribution in [3.05, 3.63) is 0 Å². The highest BCUT2D eigenvalue weighted by Gasteiger charge is 2.10. The van der Waals surface area contributed by atoms with E-state index in [4.69, 9.17) is 0 Å². The van der Waals surface area contributed by atoms with Crippen LogP contribution in [-0.4, -0.2) is 50.5 Å². The van der Waals surface area contributed by atoms with E-state index in [1.54, 1.807) is 16.4 Å². The Morgan fingerprint density at radius 3 is 2.73 bits per heavy atom. The Kier molecular flexibility index (Phi) is 3.96. The summed E-state index contributed by atoms with van der Waals surface area (Å²) in [7, 11) is 1.88. The van der Waals surface area contributed by atoms with Gasteiger partial charge in [-0.15, -0.1) is 5.10 Å². The van der Waals surface area contributed by atoms with Gasteiger partial charge in [0.25, 0.3) is 0 Å². The molecule has 2 heterocycles. The summed E-state index contributed by atoms with van der Waals surface area (Å²) in [6.45, 7) is 3.67. The van der Waals surface area contributed by atoms with Gasteiger partial charge in [0.15, 0.2) is 0 Å². The maximum atomic E-state index is 3.94. The van der Waals surface area contributed by atoms with E-state index in [1.807, 2.05) is 7.05 Å². The number of likely N-dealkylation sites (tertiary alicyclic amines) is 1. The van der Waals surface area contributed by atoms with Crippen molar-refractivity contribution in [2.45, 2.75) is 24.4 Å². The number of rotatable bonds is 4. The van der Waals surface area contributed by atoms with E-state index in [9.17, 15) is 0 Å². The summed E-state index contributed by atoms with van der Waals surface area (Å²) >= 11 is 1.73. The van der Waals surface area contributed by atoms with Crippen LogP contribution in [0.15, 0.2) is 5.16 Å². The van der Waals surface area contributed by atoms with Gasteiger partial charge in [-0.05, 0) is 36.4 Å². The molecule has 0 radical (unpaired) electrons. The molecule has 0 N–H and O–H groups in total. The molecular weight excluding hydrogens is 210 g/mol. The second-order valence-corrected chi connectivity index (χ2v) is 4.90. The molecular formula is C9H17N5S. The zero-order valence-electron chi connectivity index (χ0n) is 9.09. The van der Waals surface area contributed by atoms with Crippen molar-refractivity contribution in [3.8, 4) is 0 Å². The highest BCUT2D eigenvalue weighted by molar-refractivity contribution is 7.99. The van der Waals surface area contributed by atoms with Gasteiger partial charge >= 0.3 is 0 Å². The van der Waals surface area contributed by atoms with Crippen LogP contribution in [0.2, 0.25) is 0 Å². The van der Waals surface area contributed by atoms with Crippen LogP contribution in [0.1, 0.15) is 19.3 Å². The zero-order chi connectivity index (χ0) is 10.5. The van der Waals surface area contributed by atoms with Crippen LogP contribution in [0.5, 0.6) is 0 Å². The van der Waals surface area contributed by atoms with Gasteiger partial charge in [0.05, 0.1) is 0 Å². The highest BCUT2D eigenvalue weighted by Crippen LogP contribution is 2.14. The lowest BCUT2D eigenvalue weighted by Crippen LogP contribution is -2.31. The second kappa shape index (κ2) is 5.46. The predicted molar refractivity (Wildman–Crippen MR) is 59.8 cm³/mol. The van der Waals surface area contributed by atoms with Crippen LogP contribution >= 0.6 is 11.8 Å². The molecule has 1 saturated heterocycles. The van der Waals surface area contributed by atoms with Gasteiger partial charge in [0, 0.05) is 19.3 Å². The summed E-state index contributed by atoms with van der Waals surface area (Å²) in [6, 6.07) is 0. The monoisotopic (exact) mass is 227 g/mol. The van der Waals surface area contributed by atoms with Gasteiger partial charge in [-0.25, -0.2) is 4.68 Å². The number of tetrazole rings is 1. The third-order valence-corrected chi connectivity index (χ3v) is 3.66. The molecule has 2 rings (SSSR count). The molecule has 1 aromatic rings. The molecule has 84 valence electrons. The highest BCUT2D eigenvalue weighted by atomic mass is 32.2. The summed E-state index contributed by atoms with van der Waals surface area (Å²) in [5, 5.41) is 12.3. The van der Waals surface area contributed by atoms with Crippen molar-refractivity contribution >= 4 is 11.8 Å². The molecule has 5 nitrogen and oxygen atoms in total. The summed E-state index contributed by atoms with van der Waals surface area (Å²) in [5.41, 5.74) is 0. The first-order valence-corrected chi connectivity index (χ1v) is 6.42. The number of piperidine rings is 1. The van der Waals surface area contributed by atoms with Crippen molar-refractivity contribution in [3.63, 3.8) is 0 Å². The van der Waals surface area contributed by atoms with Crippen molar-refractivity contribution in [2.75, 3.05) is 25.4 Å². The quantitative estimate of drug-likeness (QED) is 0.712. The van der Waals surface area contributed by atoms with Crippen LogP contribution in [0.25, 0.3) is 0 Å². The average Bonchev–Trinajstić information content (AvgIpc) is 2.66. The summed E-state index contributed by atoms with van der Waals surface area (Å²) in [6.07, 6.45) is 4.11. The number of aryl methyl sites for hydroxylation is 1. The molecule has 0 saturated carbocycles. The number of aromatic nitrogens is 4. The molecule has 0 atom stereocenters. The van der Waals surface area contributed by atoms with Crippen LogP contribution in [0.4, 0.5) is 0 Å². The third kappa shape index (κ3) is 3.17. The lowest BCUT2D eigenvalue weighted by atomic mass is 10.1. The molecule has 1 fully saturated rings. The second-order valence-electron chi connectivity index (χ2n) is 3.84. The first-order valence-electron chi connectivity index (χ1n) is 5.44. The molecule has 6 heteroatoms. The number of hydrogen-bond acceptors (Lipinski definition) is 5. The molecule has 0 bridgehead atoms. The van der Waals surface area contributed by atoms with E-state index in [-0.39, 0.29) is 0 Å². The minimum absolute atomic E-state index is 0.909. The molecule has 0 spiro atoms. The molecule has 0 aliphatic carbocycles. The Labute approximate surface area is 94.2 Å². The lowest BCUT2D eigenvalue weighted by molar-refractivity contribution is 0.242. The normalized spacial score (nSPS) is 18.2. The maximum Gasteiger partial charge on any atom is 0.209 e. The topological polar surface area (TPSA) is 46.8 Å². The Morgan fingerprint density at radius 1 is 1.27 bits per heavy atom. The summed E-state index contributed by atoms with van der Waals surface area (Å²) in [5.74, 6) is 1.08. The van der Waals surface area contributed by atoms with Crippen LogP contribution in [0.3, 0.4) is 0 Å². The van der Waals surface area contributed by atoms with Crippen molar-refractivity contribution in [1.82, 2.24) is 25.1 Å². The van der Waals surface area contributed by atoms with Crippen molar-refractivity contribution in [2.24, 2.45) is 7.05 Å². The summed E-state index contributed by atoms with van der Waals surface area (Å²) in [4.78, 5) is 2.53. The number of nitrogens with zero attached hydrogens (tertiary/aromatic N) is 5. The van der Waals surface area contributed by atoms with Gasteiger partial charge in [-0.1, -0.05) is 18.2 Å². The van der Waals surface area contributed by atoms with Gasteiger partial charge in [-0.2, -0.15) is 0 Å². The SMILES string of the molecule is Cn1nnnc1SCCN1CCCCC1. The van der Waals surface area contributed by atoms with Crippen LogP contribution in [-0.2, 0) is 7.05 Å². The van der Waals surface area contributed by atoms with E-state index >= 15 is 0 Å². The molecule has 15 heavy (non-hydrogen) atoms. The zero-order valence-corrected chi connectivity index (χ0v) is 9.91. The molecule has 1 aromatic heterocycles. The first kappa shape index (κ1) is 10.9. The minimum atomic E-state index is 0.909. The van der Waals surface area contributed by atoms with Gasteiger partial charge in [-0.3, -0.25) is 0 Å². The third-order valence-electron chi connectivity index (χ3n) is 2.67. The molecule has 1 aliphatic rings. The van der Waals surface area contributed by atoms with Crippen LogP contribution in [0, 0.1) is 0 Å². The number of hydrogen-bond donors (Lipinski definition) is 0. The van der Waals surface area contributed by atoms with E-state index in [0.29, 0.717) is 0 Å². The van der Waals surface area contributed by atoms with Crippen molar-refractivity contribution < 1.29 is 0 Å². The average molecular weight is 227 g/mol. The fourth-order valence-electron chi connectivity index (χ4n) is 1.79. The minimum Gasteiger partial charge on any atom is -0.303 e. The molecule has 0 amide bonds. The fourth-order valence-corrected chi connectivity index (χ4v) is 2.64. The predicted octanol–water partition coefficient (Wildman–Crippen LogP) is 0.788. The van der Waals surface area contributed by atoms with E-state index in [0.717, 1.165) is 17.5 Å². The lowest BCUT2D eigenvalue weighted by Gasteiger charge is -2.25. The standard InChI is InChI=1S/C9H17N5S/c1-13-9(10-11-12-13)15-8-7-14-5-3-2-4-6-14/h2-8H2,1H3. The Morgan fingerprint density at radius 2 is 2.07 bits per heavy atom. The van der Waals surface area contributed by atoms with Crippen LogP contribution < -0.4 is 0 Å². The Hall–Kier alpha value is -0.620. The molecule has 1 aliphatic heterocycles. The smallest absolute Gasteiger partial charge is 0.209 e. The largest absolute Gasteiger partial charge is 0.303 e.